The van der Waals surface area contributed by atoms with Gasteiger partial charge in [-0.1, -0.05) is 54.7 Å². The molecule has 2 fully saturated rings. The summed E-state index contributed by atoms with van der Waals surface area (Å²) < 4.78 is 20.6. The van der Waals surface area contributed by atoms with Crippen LogP contribution in [0.1, 0.15) is 36.0 Å². The maximum Gasteiger partial charge on any atom is 0.265 e. The standard InChI is InChI=1S/C25H24FN3O3S2/c26-19-10-18(12-21-24(31)27-25(33)34-21)11-20-23(19)32-15-22(30)29(20)14-17-6-4-16(5-7-17)13-28-8-2-1-3-9-28/h4-7,10-12H,1-3,8-9,13-15H2,(H,27,31,33)/b21-12+. The number of thiocarbonyl (C=S) groups is 1. The first-order chi connectivity index (χ1) is 16.5. The summed E-state index contributed by atoms with van der Waals surface area (Å²) in [6.07, 6.45) is 5.38. The molecule has 34 heavy (non-hydrogen) atoms. The molecule has 2 aromatic carbocycles. The second kappa shape index (κ2) is 9.85. The van der Waals surface area contributed by atoms with E-state index in [0.29, 0.717) is 27.0 Å². The van der Waals surface area contributed by atoms with Gasteiger partial charge in [0.05, 0.1) is 17.1 Å². The minimum atomic E-state index is -0.579. The van der Waals surface area contributed by atoms with Gasteiger partial charge in [-0.2, -0.15) is 0 Å². The normalized spacial score (nSPS) is 19.9. The highest BCUT2D eigenvalue weighted by Crippen LogP contribution is 2.38. The number of likely N-dealkylation sites (tertiary alicyclic amines) is 1. The molecular weight excluding hydrogens is 473 g/mol. The Hall–Kier alpha value is -2.75. The molecule has 0 atom stereocenters. The molecule has 3 heterocycles. The molecule has 0 saturated carbocycles. The molecule has 3 aliphatic heterocycles. The molecule has 0 unspecified atom stereocenters. The minimum absolute atomic E-state index is 0.0440. The van der Waals surface area contributed by atoms with Gasteiger partial charge in [-0.25, -0.2) is 4.39 Å². The van der Waals surface area contributed by atoms with Crippen molar-refractivity contribution in [1.29, 1.82) is 0 Å². The predicted octanol–water partition coefficient (Wildman–Crippen LogP) is 4.23. The van der Waals surface area contributed by atoms with Crippen LogP contribution in [0, 0.1) is 5.82 Å². The summed E-state index contributed by atoms with van der Waals surface area (Å²) in [5, 5.41) is 2.54. The number of nitrogens with zero attached hydrogens (tertiary/aromatic N) is 2. The molecule has 0 radical (unpaired) electrons. The number of fused-ring (bicyclic) bond motifs is 1. The minimum Gasteiger partial charge on any atom is -0.478 e. The second-order valence-electron chi connectivity index (χ2n) is 8.63. The number of amides is 2. The van der Waals surface area contributed by atoms with Crippen LogP contribution in [-0.4, -0.2) is 40.7 Å². The first-order valence-corrected chi connectivity index (χ1v) is 12.5. The summed E-state index contributed by atoms with van der Waals surface area (Å²) >= 11 is 6.14. The van der Waals surface area contributed by atoms with Gasteiger partial charge in [-0.15, -0.1) is 0 Å². The van der Waals surface area contributed by atoms with Crippen molar-refractivity contribution >= 4 is 51.9 Å². The Morgan fingerprint density at radius 3 is 2.44 bits per heavy atom. The number of thioether (sulfide) groups is 1. The van der Waals surface area contributed by atoms with Crippen molar-refractivity contribution < 1.29 is 18.7 Å². The number of anilines is 1. The highest BCUT2D eigenvalue weighted by molar-refractivity contribution is 8.26. The van der Waals surface area contributed by atoms with Crippen molar-refractivity contribution in [3.05, 3.63) is 63.8 Å². The molecule has 2 aromatic rings. The number of piperidine rings is 1. The third-order valence-electron chi connectivity index (χ3n) is 6.14. The molecule has 0 spiro atoms. The van der Waals surface area contributed by atoms with E-state index >= 15 is 0 Å². The van der Waals surface area contributed by atoms with E-state index < -0.39 is 5.82 Å². The van der Waals surface area contributed by atoms with Crippen LogP contribution in [-0.2, 0) is 22.7 Å². The average molecular weight is 498 g/mol. The Morgan fingerprint density at radius 2 is 1.76 bits per heavy atom. The summed E-state index contributed by atoms with van der Waals surface area (Å²) in [6.45, 7) is 3.29. The summed E-state index contributed by atoms with van der Waals surface area (Å²) in [6, 6.07) is 11.2. The zero-order chi connectivity index (χ0) is 23.7. The van der Waals surface area contributed by atoms with Crippen molar-refractivity contribution in [2.75, 3.05) is 24.6 Å². The topological polar surface area (TPSA) is 61.9 Å². The number of carbonyl (C=O) groups is 2. The Labute approximate surface area is 207 Å². The van der Waals surface area contributed by atoms with Crippen LogP contribution in [0.15, 0.2) is 41.3 Å². The number of rotatable bonds is 5. The number of halogens is 1. The van der Waals surface area contributed by atoms with E-state index in [1.807, 2.05) is 12.1 Å². The Balaban J connectivity index is 1.37. The SMILES string of the molecule is O=C1NC(=S)S/C1=C/c1cc(F)c2c(c1)N(Cc1ccc(CN3CCCCC3)cc1)C(=O)CO2. The van der Waals surface area contributed by atoms with Crippen LogP contribution in [0.25, 0.3) is 6.08 Å². The Kier molecular flexibility index (Phi) is 6.67. The van der Waals surface area contributed by atoms with Crippen molar-refractivity contribution in [3.63, 3.8) is 0 Å². The lowest BCUT2D eigenvalue weighted by Crippen LogP contribution is -2.38. The molecule has 0 bridgehead atoms. The van der Waals surface area contributed by atoms with Crippen LogP contribution >= 0.6 is 24.0 Å². The van der Waals surface area contributed by atoms with Crippen LogP contribution in [0.3, 0.4) is 0 Å². The van der Waals surface area contributed by atoms with Gasteiger partial charge < -0.3 is 15.0 Å². The number of carbonyl (C=O) groups excluding carboxylic acids is 2. The van der Waals surface area contributed by atoms with E-state index in [1.165, 1.54) is 35.8 Å². The predicted molar refractivity (Wildman–Crippen MR) is 135 cm³/mol. The van der Waals surface area contributed by atoms with E-state index in [4.69, 9.17) is 17.0 Å². The van der Waals surface area contributed by atoms with Crippen LogP contribution in [0.2, 0.25) is 0 Å². The fourth-order valence-corrected chi connectivity index (χ4v) is 5.47. The summed E-state index contributed by atoms with van der Waals surface area (Å²) in [7, 11) is 0. The molecule has 176 valence electrons. The Bertz CT molecular complexity index is 1180. The van der Waals surface area contributed by atoms with E-state index in [0.717, 1.165) is 37.0 Å². The monoisotopic (exact) mass is 497 g/mol. The molecule has 5 rings (SSSR count). The lowest BCUT2D eigenvalue weighted by Gasteiger charge is -2.30. The van der Waals surface area contributed by atoms with Gasteiger partial charge in [0.25, 0.3) is 11.8 Å². The average Bonchev–Trinajstić information content (AvgIpc) is 3.14. The van der Waals surface area contributed by atoms with E-state index in [1.54, 1.807) is 12.1 Å². The maximum absolute atomic E-state index is 14.9. The fourth-order valence-electron chi connectivity index (χ4n) is 4.43. The number of hydrogen-bond donors (Lipinski definition) is 1. The van der Waals surface area contributed by atoms with Crippen LogP contribution < -0.4 is 15.0 Å². The van der Waals surface area contributed by atoms with Gasteiger partial charge in [0, 0.05) is 6.54 Å². The van der Waals surface area contributed by atoms with Crippen LogP contribution in [0.5, 0.6) is 5.75 Å². The molecule has 0 aromatic heterocycles. The zero-order valence-electron chi connectivity index (χ0n) is 18.5. The Morgan fingerprint density at radius 1 is 1.06 bits per heavy atom. The first kappa shape index (κ1) is 23.0. The number of hydrogen-bond acceptors (Lipinski definition) is 6. The van der Waals surface area contributed by atoms with Gasteiger partial charge in [0.2, 0.25) is 0 Å². The van der Waals surface area contributed by atoms with Gasteiger partial charge in [-0.3, -0.25) is 14.5 Å². The summed E-state index contributed by atoms with van der Waals surface area (Å²) in [4.78, 5) is 29.1. The quantitative estimate of drug-likeness (QED) is 0.493. The van der Waals surface area contributed by atoms with Crippen molar-refractivity contribution in [2.45, 2.75) is 32.4 Å². The van der Waals surface area contributed by atoms with Gasteiger partial charge in [0.15, 0.2) is 18.2 Å². The summed E-state index contributed by atoms with van der Waals surface area (Å²) in [5.41, 5.74) is 3.00. The lowest BCUT2D eigenvalue weighted by atomic mass is 10.1. The molecule has 2 saturated heterocycles. The first-order valence-electron chi connectivity index (χ1n) is 11.3. The smallest absolute Gasteiger partial charge is 0.265 e. The summed E-state index contributed by atoms with van der Waals surface area (Å²) in [5.74, 6) is -1.10. The van der Waals surface area contributed by atoms with E-state index in [2.05, 4.69) is 22.3 Å². The van der Waals surface area contributed by atoms with E-state index in [-0.39, 0.29) is 24.2 Å². The second-order valence-corrected chi connectivity index (χ2v) is 10.3. The number of ether oxygens (including phenoxy) is 1. The maximum atomic E-state index is 14.9. The highest BCUT2D eigenvalue weighted by atomic mass is 32.2. The van der Waals surface area contributed by atoms with Crippen LogP contribution in [0.4, 0.5) is 10.1 Å². The van der Waals surface area contributed by atoms with Gasteiger partial charge in [-0.05, 0) is 60.8 Å². The lowest BCUT2D eigenvalue weighted by molar-refractivity contribution is -0.121. The highest BCUT2D eigenvalue weighted by Gasteiger charge is 2.29. The van der Waals surface area contributed by atoms with Crippen molar-refractivity contribution in [3.8, 4) is 5.75 Å². The largest absolute Gasteiger partial charge is 0.478 e. The number of nitrogens with one attached hydrogen (secondary N) is 1. The van der Waals surface area contributed by atoms with E-state index in [9.17, 15) is 14.0 Å². The van der Waals surface area contributed by atoms with Crippen molar-refractivity contribution in [1.82, 2.24) is 10.2 Å². The molecule has 1 N–H and O–H groups in total. The van der Waals surface area contributed by atoms with Gasteiger partial charge in [0.1, 0.15) is 4.32 Å². The number of benzene rings is 2. The molecule has 9 heteroatoms. The molecule has 6 nitrogen and oxygen atoms in total. The van der Waals surface area contributed by atoms with Crippen molar-refractivity contribution in [2.24, 2.45) is 0 Å². The zero-order valence-corrected chi connectivity index (χ0v) is 20.1. The third-order valence-corrected chi connectivity index (χ3v) is 7.30. The molecular formula is C25H24FN3O3S2. The molecule has 3 aliphatic rings. The molecule has 0 aliphatic carbocycles. The molecule has 2 amide bonds. The van der Waals surface area contributed by atoms with Gasteiger partial charge >= 0.3 is 0 Å². The third kappa shape index (κ3) is 5.01. The fraction of sp³-hybridized carbons (Fsp3) is 0.320.